The molecule has 0 bridgehead atoms. The summed E-state index contributed by atoms with van der Waals surface area (Å²) < 4.78 is 5.53. The van der Waals surface area contributed by atoms with E-state index in [4.69, 9.17) is 22.1 Å². The number of carbonyl (C=O) groups excluding carboxylic acids is 2. The Labute approximate surface area is 237 Å². The van der Waals surface area contributed by atoms with Crippen molar-refractivity contribution in [1.82, 2.24) is 30.2 Å². The average Bonchev–Trinajstić information content (AvgIpc) is 3.66. The number of rotatable bonds is 9. The lowest BCUT2D eigenvalue weighted by molar-refractivity contribution is -0.113. The number of aromatic amines is 1. The van der Waals surface area contributed by atoms with Crippen LogP contribution in [0.25, 0.3) is 11.6 Å². The summed E-state index contributed by atoms with van der Waals surface area (Å²) in [6.45, 7) is 7.80. The molecule has 0 radical (unpaired) electrons. The van der Waals surface area contributed by atoms with Crippen LogP contribution in [0.15, 0.2) is 18.5 Å². The number of anilines is 2. The average molecular weight is 565 g/mol. The van der Waals surface area contributed by atoms with Gasteiger partial charge in [-0.2, -0.15) is 4.98 Å². The minimum Gasteiger partial charge on any atom is -0.496 e. The number of halogens is 1. The molecule has 0 aromatic carbocycles. The number of aryl methyl sites for hydroxylation is 1. The van der Waals surface area contributed by atoms with Gasteiger partial charge < -0.3 is 25.7 Å². The lowest BCUT2D eigenvalue weighted by atomic mass is 10.1. The molecular weight excluding hydrogens is 532 g/mol. The quantitative estimate of drug-likeness (QED) is 0.204. The second-order valence-corrected chi connectivity index (χ2v) is 10.4. The monoisotopic (exact) mass is 564 g/mol. The van der Waals surface area contributed by atoms with Crippen molar-refractivity contribution in [3.63, 3.8) is 0 Å². The molecule has 0 aliphatic carbocycles. The van der Waals surface area contributed by atoms with Gasteiger partial charge in [-0.05, 0) is 64.9 Å². The van der Waals surface area contributed by atoms with Crippen molar-refractivity contribution < 1.29 is 14.3 Å². The second kappa shape index (κ2) is 11.6. The van der Waals surface area contributed by atoms with Crippen LogP contribution in [0.2, 0.25) is 5.15 Å². The first-order chi connectivity index (χ1) is 19.3. The van der Waals surface area contributed by atoms with E-state index in [0.717, 1.165) is 37.2 Å². The molecule has 0 saturated carbocycles. The Morgan fingerprint density at radius 1 is 1.27 bits per heavy atom. The Kier molecular flexibility index (Phi) is 8.04. The van der Waals surface area contributed by atoms with Gasteiger partial charge in [-0.25, -0.2) is 4.98 Å². The normalized spacial score (nSPS) is 16.1. The molecule has 5 rings (SSSR count). The number of nitrogens with two attached hydrogens (primary N) is 1. The first-order valence-electron chi connectivity index (χ1n) is 13.3. The molecule has 0 unspecified atom stereocenters. The Morgan fingerprint density at radius 2 is 2.05 bits per heavy atom. The summed E-state index contributed by atoms with van der Waals surface area (Å²) in [4.78, 5) is 46.3. The van der Waals surface area contributed by atoms with Crippen LogP contribution in [-0.2, 0) is 11.3 Å². The van der Waals surface area contributed by atoms with Crippen LogP contribution < -0.4 is 20.7 Å². The summed E-state index contributed by atoms with van der Waals surface area (Å²) >= 11 is 6.48. The summed E-state index contributed by atoms with van der Waals surface area (Å²) in [6, 6.07) is 1.70. The largest absolute Gasteiger partial charge is 0.496 e. The van der Waals surface area contributed by atoms with Crippen LogP contribution in [-0.4, -0.2) is 69.9 Å². The lowest BCUT2D eigenvalue weighted by Gasteiger charge is -2.19. The van der Waals surface area contributed by atoms with Crippen LogP contribution in [0.5, 0.6) is 5.75 Å². The molecule has 0 atom stereocenters. The summed E-state index contributed by atoms with van der Waals surface area (Å²) in [5.41, 5.74) is 9.97. The highest BCUT2D eigenvalue weighted by Crippen LogP contribution is 2.41. The highest BCUT2D eigenvalue weighted by Gasteiger charge is 2.37. The van der Waals surface area contributed by atoms with Crippen molar-refractivity contribution in [1.29, 1.82) is 0 Å². The van der Waals surface area contributed by atoms with Crippen molar-refractivity contribution in [2.75, 3.05) is 43.9 Å². The van der Waals surface area contributed by atoms with E-state index in [1.165, 1.54) is 17.7 Å². The van der Waals surface area contributed by atoms with E-state index in [-0.39, 0.29) is 35.0 Å². The van der Waals surface area contributed by atoms with Gasteiger partial charge in [0.2, 0.25) is 5.95 Å². The summed E-state index contributed by atoms with van der Waals surface area (Å²) in [6.07, 6.45) is 8.37. The van der Waals surface area contributed by atoms with Crippen LogP contribution in [0.4, 0.5) is 11.8 Å². The zero-order valence-corrected chi connectivity index (χ0v) is 23.6. The number of hydrogen-bond donors (Lipinski definition) is 3. The van der Waals surface area contributed by atoms with Gasteiger partial charge in [-0.15, -0.1) is 0 Å². The maximum atomic E-state index is 13.7. The molecule has 2 amide bonds. The number of nitrogens with one attached hydrogen (secondary N) is 2. The zero-order chi connectivity index (χ0) is 28.4. The van der Waals surface area contributed by atoms with Crippen molar-refractivity contribution in [2.45, 2.75) is 39.7 Å². The number of fused-ring (bicyclic) bond motifs is 1. The van der Waals surface area contributed by atoms with Crippen molar-refractivity contribution in [3.8, 4) is 5.75 Å². The molecule has 4 N–H and O–H groups in total. The van der Waals surface area contributed by atoms with Crippen LogP contribution in [0.1, 0.15) is 57.7 Å². The topological polar surface area (TPSA) is 142 Å². The van der Waals surface area contributed by atoms with E-state index < -0.39 is 0 Å². The van der Waals surface area contributed by atoms with Crippen molar-refractivity contribution >= 4 is 46.8 Å². The number of methoxy groups -OCH3 is 1. The van der Waals surface area contributed by atoms with Gasteiger partial charge in [-0.3, -0.25) is 19.5 Å². The van der Waals surface area contributed by atoms with Crippen LogP contribution >= 0.6 is 11.6 Å². The highest BCUT2D eigenvalue weighted by molar-refractivity contribution is 6.41. The molecule has 12 heteroatoms. The van der Waals surface area contributed by atoms with E-state index in [0.29, 0.717) is 40.6 Å². The molecule has 1 saturated heterocycles. The molecule has 40 heavy (non-hydrogen) atoms. The molecule has 2 aliphatic heterocycles. The predicted molar refractivity (Wildman–Crippen MR) is 154 cm³/mol. The minimum atomic E-state index is -0.333. The molecule has 1 fully saturated rings. The molecule has 210 valence electrons. The number of pyridine rings is 1. The lowest BCUT2D eigenvalue weighted by Crippen LogP contribution is -2.28. The Balaban J connectivity index is 1.36. The third-order valence-corrected chi connectivity index (χ3v) is 7.60. The van der Waals surface area contributed by atoms with Gasteiger partial charge in [-0.1, -0.05) is 11.6 Å². The van der Waals surface area contributed by atoms with Crippen LogP contribution in [0, 0.1) is 13.8 Å². The fraction of sp³-hybridized carbons (Fsp3) is 0.393. The number of likely N-dealkylation sites (tertiary alicyclic amines) is 1. The van der Waals surface area contributed by atoms with Crippen molar-refractivity contribution in [3.05, 3.63) is 57.3 Å². The van der Waals surface area contributed by atoms with E-state index in [1.807, 2.05) is 13.8 Å². The number of nitrogen functional groups attached to an aromatic ring is 1. The number of ether oxygens (including phenoxy) is 1. The highest BCUT2D eigenvalue weighted by atomic mass is 35.5. The first kappa shape index (κ1) is 27.6. The van der Waals surface area contributed by atoms with Gasteiger partial charge >= 0.3 is 0 Å². The van der Waals surface area contributed by atoms with Crippen molar-refractivity contribution in [2.24, 2.45) is 0 Å². The number of aromatic nitrogens is 4. The van der Waals surface area contributed by atoms with E-state index in [9.17, 15) is 9.59 Å². The summed E-state index contributed by atoms with van der Waals surface area (Å²) in [5, 5.41) is 3.04. The summed E-state index contributed by atoms with van der Waals surface area (Å²) in [5.74, 6) is 0.460. The number of nitrogens with zero attached hydrogens (tertiary/aromatic N) is 5. The Hall–Kier alpha value is -3.96. The van der Waals surface area contributed by atoms with Crippen LogP contribution in [0.3, 0.4) is 0 Å². The van der Waals surface area contributed by atoms with E-state index in [2.05, 4.69) is 30.2 Å². The first-order valence-corrected chi connectivity index (χ1v) is 13.7. The SMILES string of the molecule is COc1c(C)cnc(CN2C(=O)/C(=C/c3cc(C(=O)NCCCN4CCCC4)c[nH]3)c3c(Cl)nc(N)nc32)c1C. The fourth-order valence-electron chi connectivity index (χ4n) is 5.27. The molecule has 0 spiro atoms. The third kappa shape index (κ3) is 5.52. The van der Waals surface area contributed by atoms with Gasteiger partial charge in [0.1, 0.15) is 10.9 Å². The molecular formula is C28H33ClN8O3. The van der Waals surface area contributed by atoms with Gasteiger partial charge in [0, 0.05) is 35.8 Å². The predicted octanol–water partition coefficient (Wildman–Crippen LogP) is 3.36. The summed E-state index contributed by atoms with van der Waals surface area (Å²) in [7, 11) is 1.60. The number of carbonyl (C=O) groups is 2. The smallest absolute Gasteiger partial charge is 0.260 e. The van der Waals surface area contributed by atoms with Gasteiger partial charge in [0.05, 0.1) is 36.0 Å². The molecule has 3 aromatic heterocycles. The minimum absolute atomic E-state index is 0.0440. The second-order valence-electron chi connectivity index (χ2n) is 10.1. The number of amides is 2. The molecule has 11 nitrogen and oxygen atoms in total. The molecule has 3 aromatic rings. The maximum Gasteiger partial charge on any atom is 0.260 e. The Morgan fingerprint density at radius 3 is 2.80 bits per heavy atom. The number of hydrogen-bond acceptors (Lipinski definition) is 8. The maximum absolute atomic E-state index is 13.7. The molecule has 2 aliphatic rings. The Bertz CT molecular complexity index is 1480. The van der Waals surface area contributed by atoms with E-state index >= 15 is 0 Å². The van der Waals surface area contributed by atoms with Gasteiger partial charge in [0.15, 0.2) is 5.82 Å². The third-order valence-electron chi connectivity index (χ3n) is 7.32. The fourth-order valence-corrected chi connectivity index (χ4v) is 5.54. The number of H-pyrrole nitrogens is 1. The van der Waals surface area contributed by atoms with E-state index in [1.54, 1.807) is 31.6 Å². The standard InChI is InChI=1S/C28H33ClN8O3/c1-16-13-33-21(17(2)23(16)40-3)15-37-25-22(24(29)34-28(30)35-25)20(27(37)39)12-19-11-18(14-32-19)26(38)31-7-6-10-36-8-4-5-9-36/h11-14,32H,4-10,15H2,1-3H3,(H,31,38)(H2,30,34,35)/b20-12+. The molecule has 5 heterocycles. The zero-order valence-electron chi connectivity index (χ0n) is 22.9. The van der Waals surface area contributed by atoms with Gasteiger partial charge in [0.25, 0.3) is 11.8 Å².